The van der Waals surface area contributed by atoms with Crippen molar-refractivity contribution in [3.8, 4) is 0 Å². The number of carbonyl (C=O) groups excluding carboxylic acids is 1. The first-order valence-electron chi connectivity index (χ1n) is 9.12. The van der Waals surface area contributed by atoms with Gasteiger partial charge in [0.05, 0.1) is 6.61 Å². The molecule has 0 bridgehead atoms. The van der Waals surface area contributed by atoms with Crippen LogP contribution in [0.1, 0.15) is 23.1 Å². The lowest BCUT2D eigenvalue weighted by molar-refractivity contribution is 0.147. The van der Waals surface area contributed by atoms with Gasteiger partial charge < -0.3 is 15.0 Å². The molecule has 0 fully saturated rings. The van der Waals surface area contributed by atoms with E-state index in [2.05, 4.69) is 47.6 Å². The lowest BCUT2D eigenvalue weighted by atomic mass is 9.98. The number of nitrogens with zero attached hydrogens (tertiary/aromatic N) is 1. The predicted molar refractivity (Wildman–Crippen MR) is 105 cm³/mol. The standard InChI is InChI=1S/C22H26N2O2/c1-24-14-11-21(12-15-24)20-9-7-18(8-10-20)13-16-26-22(25)23-17-19-5-3-2-4-6-19/h2-11H,12-17H2,1H3,(H,23,25). The first-order valence-corrected chi connectivity index (χ1v) is 9.12. The molecule has 2 aromatic carbocycles. The van der Waals surface area contributed by atoms with Crippen LogP contribution in [-0.4, -0.2) is 37.7 Å². The molecule has 3 rings (SSSR count). The minimum atomic E-state index is -0.373. The molecule has 1 aliphatic heterocycles. The molecular weight excluding hydrogens is 324 g/mol. The summed E-state index contributed by atoms with van der Waals surface area (Å²) in [5, 5.41) is 2.77. The number of amides is 1. The second kappa shape index (κ2) is 9.20. The van der Waals surface area contributed by atoms with E-state index in [1.807, 2.05) is 30.3 Å². The number of alkyl carbamates (subject to hydrolysis) is 1. The molecule has 0 unspecified atom stereocenters. The van der Waals surface area contributed by atoms with E-state index in [0.717, 1.165) is 31.5 Å². The molecule has 4 heteroatoms. The molecule has 2 aromatic rings. The van der Waals surface area contributed by atoms with E-state index >= 15 is 0 Å². The molecule has 0 radical (unpaired) electrons. The van der Waals surface area contributed by atoms with Crippen LogP contribution < -0.4 is 5.32 Å². The van der Waals surface area contributed by atoms with Crippen LogP contribution >= 0.6 is 0 Å². The molecule has 136 valence electrons. The lowest BCUT2D eigenvalue weighted by Crippen LogP contribution is -2.24. The second-order valence-electron chi connectivity index (χ2n) is 6.66. The number of ether oxygens (including phenoxy) is 1. The van der Waals surface area contributed by atoms with Gasteiger partial charge in [0, 0.05) is 26.1 Å². The highest BCUT2D eigenvalue weighted by molar-refractivity contribution is 5.67. The van der Waals surface area contributed by atoms with Gasteiger partial charge in [0.25, 0.3) is 0 Å². The summed E-state index contributed by atoms with van der Waals surface area (Å²) >= 11 is 0. The third-order valence-corrected chi connectivity index (χ3v) is 4.64. The maximum absolute atomic E-state index is 11.7. The molecule has 0 saturated heterocycles. The van der Waals surface area contributed by atoms with Gasteiger partial charge in [-0.1, -0.05) is 60.7 Å². The maximum Gasteiger partial charge on any atom is 0.407 e. The summed E-state index contributed by atoms with van der Waals surface area (Å²) in [7, 11) is 2.15. The van der Waals surface area contributed by atoms with E-state index in [-0.39, 0.29) is 6.09 Å². The van der Waals surface area contributed by atoms with Crippen molar-refractivity contribution in [2.45, 2.75) is 19.4 Å². The van der Waals surface area contributed by atoms with Crippen LogP contribution in [0.5, 0.6) is 0 Å². The highest BCUT2D eigenvalue weighted by atomic mass is 16.5. The fourth-order valence-electron chi connectivity index (χ4n) is 3.00. The Labute approximate surface area is 155 Å². The summed E-state index contributed by atoms with van der Waals surface area (Å²) in [6.45, 7) is 2.99. The monoisotopic (exact) mass is 350 g/mol. The van der Waals surface area contributed by atoms with Crippen molar-refractivity contribution in [2.75, 3.05) is 26.7 Å². The first-order chi connectivity index (χ1) is 12.7. The smallest absolute Gasteiger partial charge is 0.407 e. The van der Waals surface area contributed by atoms with Gasteiger partial charge in [0.2, 0.25) is 0 Å². The zero-order valence-electron chi connectivity index (χ0n) is 15.3. The van der Waals surface area contributed by atoms with E-state index < -0.39 is 0 Å². The molecule has 1 N–H and O–H groups in total. The number of benzene rings is 2. The SMILES string of the molecule is CN1CC=C(c2ccc(CCOC(=O)NCc3ccccc3)cc2)CC1. The third-order valence-electron chi connectivity index (χ3n) is 4.64. The van der Waals surface area contributed by atoms with Crippen LogP contribution in [0.25, 0.3) is 5.57 Å². The summed E-state index contributed by atoms with van der Waals surface area (Å²) in [5.41, 5.74) is 4.95. The van der Waals surface area contributed by atoms with Crippen LogP contribution in [0.4, 0.5) is 4.79 Å². The van der Waals surface area contributed by atoms with Crippen LogP contribution in [0.15, 0.2) is 60.7 Å². The highest BCUT2D eigenvalue weighted by Crippen LogP contribution is 2.22. The fourth-order valence-corrected chi connectivity index (χ4v) is 3.00. The Kier molecular flexibility index (Phi) is 6.45. The van der Waals surface area contributed by atoms with Gasteiger partial charge in [-0.15, -0.1) is 0 Å². The Morgan fingerprint density at radius 1 is 1.08 bits per heavy atom. The van der Waals surface area contributed by atoms with Crippen molar-refractivity contribution in [1.29, 1.82) is 0 Å². The van der Waals surface area contributed by atoms with E-state index in [1.165, 1.54) is 16.7 Å². The van der Waals surface area contributed by atoms with Crippen molar-refractivity contribution < 1.29 is 9.53 Å². The van der Waals surface area contributed by atoms with Gasteiger partial charge in [-0.25, -0.2) is 4.79 Å². The van der Waals surface area contributed by atoms with Crippen molar-refractivity contribution in [1.82, 2.24) is 10.2 Å². The summed E-state index contributed by atoms with van der Waals surface area (Å²) in [4.78, 5) is 14.1. The predicted octanol–water partition coefficient (Wildman–Crippen LogP) is 3.87. The van der Waals surface area contributed by atoms with Gasteiger partial charge in [-0.2, -0.15) is 0 Å². The molecule has 1 aliphatic rings. The van der Waals surface area contributed by atoms with E-state index in [0.29, 0.717) is 13.2 Å². The fraction of sp³-hybridized carbons (Fsp3) is 0.318. The zero-order chi connectivity index (χ0) is 18.2. The number of carbonyl (C=O) groups is 1. The molecule has 1 amide bonds. The average molecular weight is 350 g/mol. The number of nitrogens with one attached hydrogen (secondary N) is 1. The van der Waals surface area contributed by atoms with Gasteiger partial charge in [-0.05, 0) is 35.7 Å². The Bertz CT molecular complexity index is 738. The normalized spacial score (nSPS) is 14.6. The van der Waals surface area contributed by atoms with E-state index in [1.54, 1.807) is 0 Å². The number of hydrogen-bond acceptors (Lipinski definition) is 3. The third kappa shape index (κ3) is 5.46. The number of likely N-dealkylation sites (N-methyl/N-ethyl adjacent to an activating group) is 1. The largest absolute Gasteiger partial charge is 0.449 e. The van der Waals surface area contributed by atoms with Crippen molar-refractivity contribution in [3.63, 3.8) is 0 Å². The lowest BCUT2D eigenvalue weighted by Gasteiger charge is -2.22. The maximum atomic E-state index is 11.7. The molecule has 1 heterocycles. The summed E-state index contributed by atoms with van der Waals surface area (Å²) in [6.07, 6.45) is 3.75. The van der Waals surface area contributed by atoms with E-state index in [9.17, 15) is 4.79 Å². The van der Waals surface area contributed by atoms with Crippen molar-refractivity contribution >= 4 is 11.7 Å². The molecule has 4 nitrogen and oxygen atoms in total. The van der Waals surface area contributed by atoms with E-state index in [4.69, 9.17) is 4.74 Å². The minimum absolute atomic E-state index is 0.373. The average Bonchev–Trinajstić information content (AvgIpc) is 2.68. The quantitative estimate of drug-likeness (QED) is 0.860. The molecular formula is C22H26N2O2. The highest BCUT2D eigenvalue weighted by Gasteiger charge is 2.09. The first kappa shape index (κ1) is 18.2. The topological polar surface area (TPSA) is 41.6 Å². The minimum Gasteiger partial charge on any atom is -0.449 e. The van der Waals surface area contributed by atoms with Crippen molar-refractivity contribution in [2.24, 2.45) is 0 Å². The van der Waals surface area contributed by atoms with Gasteiger partial charge in [0.15, 0.2) is 0 Å². The molecule has 0 saturated carbocycles. The summed E-state index contributed by atoms with van der Waals surface area (Å²) < 4.78 is 5.26. The number of rotatable bonds is 6. The van der Waals surface area contributed by atoms with Crippen molar-refractivity contribution in [3.05, 3.63) is 77.4 Å². The molecule has 0 spiro atoms. The Morgan fingerprint density at radius 2 is 1.85 bits per heavy atom. The van der Waals surface area contributed by atoms with Gasteiger partial charge in [-0.3, -0.25) is 0 Å². The van der Waals surface area contributed by atoms with Crippen LogP contribution in [0.3, 0.4) is 0 Å². The molecule has 0 atom stereocenters. The molecule has 26 heavy (non-hydrogen) atoms. The molecule has 0 aliphatic carbocycles. The molecule has 0 aromatic heterocycles. The van der Waals surface area contributed by atoms with Gasteiger partial charge in [0.1, 0.15) is 0 Å². The summed E-state index contributed by atoms with van der Waals surface area (Å²) in [6, 6.07) is 18.4. The number of hydrogen-bond donors (Lipinski definition) is 1. The second-order valence-corrected chi connectivity index (χ2v) is 6.66. The van der Waals surface area contributed by atoms with Gasteiger partial charge >= 0.3 is 6.09 Å². The zero-order valence-corrected chi connectivity index (χ0v) is 15.3. The Balaban J connectivity index is 1.40. The Hall–Kier alpha value is -2.59. The summed E-state index contributed by atoms with van der Waals surface area (Å²) in [5.74, 6) is 0. The van der Waals surface area contributed by atoms with Crippen LogP contribution in [-0.2, 0) is 17.7 Å². The van der Waals surface area contributed by atoms with Crippen LogP contribution in [0, 0.1) is 0 Å². The Morgan fingerprint density at radius 3 is 2.54 bits per heavy atom. The van der Waals surface area contributed by atoms with Crippen LogP contribution in [0.2, 0.25) is 0 Å².